The van der Waals surface area contributed by atoms with Crippen LogP contribution in [0.4, 0.5) is 0 Å². The molecule has 4 fully saturated rings. The zero-order valence-corrected chi connectivity index (χ0v) is 12.4. The summed E-state index contributed by atoms with van der Waals surface area (Å²) in [4.78, 5) is 15.2. The van der Waals surface area contributed by atoms with Gasteiger partial charge in [-0.25, -0.2) is 0 Å². The van der Waals surface area contributed by atoms with Crippen LogP contribution < -0.4 is 10.1 Å². The summed E-state index contributed by atoms with van der Waals surface area (Å²) < 4.78 is 5.30. The number of hydrogen-bond acceptors (Lipinski definition) is 3. The number of methoxy groups -OCH3 is 1. The van der Waals surface area contributed by atoms with Gasteiger partial charge in [0.05, 0.1) is 12.7 Å². The van der Waals surface area contributed by atoms with E-state index in [2.05, 4.69) is 10.2 Å². The van der Waals surface area contributed by atoms with E-state index in [1.54, 1.807) is 7.11 Å². The minimum Gasteiger partial charge on any atom is -0.496 e. The second kappa shape index (κ2) is 5.02. The maximum atomic E-state index is 12.6. The van der Waals surface area contributed by atoms with Gasteiger partial charge in [-0.15, -0.1) is 0 Å². The molecule has 112 valence electrons. The Kier molecular flexibility index (Phi) is 3.14. The molecule has 2 atom stereocenters. The van der Waals surface area contributed by atoms with Crippen LogP contribution in [0.2, 0.25) is 0 Å². The van der Waals surface area contributed by atoms with Gasteiger partial charge in [0, 0.05) is 25.7 Å². The summed E-state index contributed by atoms with van der Waals surface area (Å²) in [5.74, 6) is 2.80. The van der Waals surface area contributed by atoms with Crippen LogP contribution in [0, 0.1) is 17.8 Å². The standard InChI is InChI=1S/C17H22N2O2/c1-21-15-5-3-2-4-14(15)17(20)18-16-12-6-11-7-13(16)10-19(8-11)9-12/h2-5,11-13,16H,6-10H2,1H3,(H,18,20). The maximum absolute atomic E-state index is 12.6. The molecule has 5 rings (SSSR count). The van der Waals surface area contributed by atoms with Crippen molar-refractivity contribution in [2.75, 3.05) is 26.7 Å². The molecular weight excluding hydrogens is 264 g/mol. The predicted molar refractivity (Wildman–Crippen MR) is 80.4 cm³/mol. The highest BCUT2D eigenvalue weighted by Crippen LogP contribution is 2.43. The highest BCUT2D eigenvalue weighted by atomic mass is 16.5. The van der Waals surface area contributed by atoms with Gasteiger partial charge in [-0.3, -0.25) is 4.79 Å². The van der Waals surface area contributed by atoms with Crippen LogP contribution in [0.5, 0.6) is 5.75 Å². The molecule has 4 nitrogen and oxygen atoms in total. The fraction of sp³-hybridized carbons (Fsp3) is 0.588. The van der Waals surface area contributed by atoms with Gasteiger partial charge < -0.3 is 15.0 Å². The first-order valence-electron chi connectivity index (χ1n) is 7.91. The maximum Gasteiger partial charge on any atom is 0.255 e. The number of benzene rings is 1. The van der Waals surface area contributed by atoms with Crippen molar-refractivity contribution < 1.29 is 9.53 Å². The molecule has 21 heavy (non-hydrogen) atoms. The van der Waals surface area contributed by atoms with Crippen LogP contribution in [0.15, 0.2) is 24.3 Å². The molecule has 3 aliphatic heterocycles. The van der Waals surface area contributed by atoms with Gasteiger partial charge in [-0.1, -0.05) is 12.1 Å². The van der Waals surface area contributed by atoms with Gasteiger partial charge in [0.15, 0.2) is 0 Å². The van der Waals surface area contributed by atoms with Gasteiger partial charge >= 0.3 is 0 Å². The number of hydrogen-bond donors (Lipinski definition) is 1. The van der Waals surface area contributed by atoms with Crippen molar-refractivity contribution in [3.8, 4) is 5.75 Å². The summed E-state index contributed by atoms with van der Waals surface area (Å²) in [6, 6.07) is 7.81. The summed E-state index contributed by atoms with van der Waals surface area (Å²) in [5, 5.41) is 3.31. The smallest absolute Gasteiger partial charge is 0.255 e. The lowest BCUT2D eigenvalue weighted by molar-refractivity contribution is -0.0418. The molecule has 1 aromatic rings. The van der Waals surface area contributed by atoms with Crippen LogP contribution in [0.1, 0.15) is 23.2 Å². The summed E-state index contributed by atoms with van der Waals surface area (Å²) in [7, 11) is 1.61. The Morgan fingerprint density at radius 2 is 1.90 bits per heavy atom. The summed E-state index contributed by atoms with van der Waals surface area (Å²) in [5.41, 5.74) is 0.647. The quantitative estimate of drug-likeness (QED) is 0.920. The number of carbonyl (C=O) groups is 1. The average molecular weight is 286 g/mol. The zero-order chi connectivity index (χ0) is 14.4. The number of ether oxygens (including phenoxy) is 1. The Labute approximate surface area is 125 Å². The van der Waals surface area contributed by atoms with Crippen molar-refractivity contribution in [3.63, 3.8) is 0 Å². The van der Waals surface area contributed by atoms with E-state index < -0.39 is 0 Å². The first kappa shape index (κ1) is 13.1. The highest BCUT2D eigenvalue weighted by Gasteiger charge is 2.47. The van der Waals surface area contributed by atoms with Crippen LogP contribution in [0.25, 0.3) is 0 Å². The third-order valence-electron chi connectivity index (χ3n) is 5.44. The number of amides is 1. The van der Waals surface area contributed by atoms with Crippen molar-refractivity contribution in [3.05, 3.63) is 29.8 Å². The van der Waals surface area contributed by atoms with Gasteiger partial charge in [-0.05, 0) is 42.7 Å². The monoisotopic (exact) mass is 286 g/mol. The number of nitrogens with zero attached hydrogens (tertiary/aromatic N) is 1. The van der Waals surface area contributed by atoms with Crippen molar-refractivity contribution in [2.24, 2.45) is 17.8 Å². The Balaban J connectivity index is 1.52. The van der Waals surface area contributed by atoms with E-state index >= 15 is 0 Å². The van der Waals surface area contributed by atoms with Gasteiger partial charge in [0.2, 0.25) is 0 Å². The second-order valence-corrected chi connectivity index (χ2v) is 6.78. The molecular formula is C17H22N2O2. The summed E-state index contributed by atoms with van der Waals surface area (Å²) >= 11 is 0. The van der Waals surface area contributed by atoms with Gasteiger partial charge in [0.25, 0.3) is 5.91 Å². The van der Waals surface area contributed by atoms with Crippen molar-refractivity contribution in [1.82, 2.24) is 10.2 Å². The molecule has 4 heteroatoms. The lowest BCUT2D eigenvalue weighted by atomic mass is 9.65. The normalized spacial score (nSPS) is 36.5. The van der Waals surface area contributed by atoms with E-state index in [4.69, 9.17) is 4.74 Å². The molecule has 0 spiro atoms. The number of rotatable bonds is 3. The molecule has 3 heterocycles. The molecule has 0 radical (unpaired) electrons. The highest BCUT2D eigenvalue weighted by molar-refractivity contribution is 5.97. The van der Waals surface area contributed by atoms with Crippen molar-refractivity contribution >= 4 is 5.91 Å². The molecule has 4 aliphatic rings. The van der Waals surface area contributed by atoms with E-state index in [-0.39, 0.29) is 5.91 Å². The lowest BCUT2D eigenvalue weighted by Crippen LogP contribution is -2.64. The zero-order valence-electron chi connectivity index (χ0n) is 12.4. The molecule has 1 N–H and O–H groups in total. The largest absolute Gasteiger partial charge is 0.496 e. The molecule has 1 aliphatic carbocycles. The van der Waals surface area contributed by atoms with Crippen LogP contribution >= 0.6 is 0 Å². The molecule has 1 aromatic carbocycles. The molecule has 3 saturated heterocycles. The molecule has 0 aromatic heterocycles. The minimum atomic E-state index is 0.0138. The van der Waals surface area contributed by atoms with E-state index in [9.17, 15) is 4.79 Å². The third-order valence-corrected chi connectivity index (χ3v) is 5.44. The van der Waals surface area contributed by atoms with E-state index in [1.165, 1.54) is 19.4 Å². The van der Waals surface area contributed by atoms with Crippen molar-refractivity contribution in [1.29, 1.82) is 0 Å². The Bertz CT molecular complexity index is 529. The van der Waals surface area contributed by atoms with Crippen LogP contribution in [-0.4, -0.2) is 43.6 Å². The Morgan fingerprint density at radius 1 is 1.19 bits per heavy atom. The van der Waals surface area contributed by atoms with Crippen LogP contribution in [-0.2, 0) is 0 Å². The Hall–Kier alpha value is -1.55. The molecule has 4 bridgehead atoms. The topological polar surface area (TPSA) is 41.6 Å². The fourth-order valence-corrected chi connectivity index (χ4v) is 4.71. The summed E-state index contributed by atoms with van der Waals surface area (Å²) in [6.07, 6.45) is 2.56. The minimum absolute atomic E-state index is 0.0138. The number of para-hydroxylation sites is 1. The van der Waals surface area contributed by atoms with Crippen LogP contribution in [0.3, 0.4) is 0 Å². The number of nitrogens with one attached hydrogen (secondary N) is 1. The first-order chi connectivity index (χ1) is 10.2. The van der Waals surface area contributed by atoms with Gasteiger partial charge in [0.1, 0.15) is 5.75 Å². The van der Waals surface area contributed by atoms with E-state index in [0.717, 1.165) is 19.0 Å². The molecule has 1 amide bonds. The van der Waals surface area contributed by atoms with E-state index in [1.807, 2.05) is 24.3 Å². The van der Waals surface area contributed by atoms with Gasteiger partial charge in [-0.2, -0.15) is 0 Å². The second-order valence-electron chi connectivity index (χ2n) is 6.78. The lowest BCUT2D eigenvalue weighted by Gasteiger charge is -2.55. The summed E-state index contributed by atoms with van der Waals surface area (Å²) in [6.45, 7) is 3.59. The Morgan fingerprint density at radius 3 is 2.57 bits per heavy atom. The average Bonchev–Trinajstić information content (AvgIpc) is 2.50. The van der Waals surface area contributed by atoms with Crippen molar-refractivity contribution in [2.45, 2.75) is 18.9 Å². The number of piperidine rings is 3. The molecule has 1 saturated carbocycles. The fourth-order valence-electron chi connectivity index (χ4n) is 4.71. The number of carbonyl (C=O) groups excluding carboxylic acids is 1. The molecule has 2 unspecified atom stereocenters. The van der Waals surface area contributed by atoms with E-state index in [0.29, 0.717) is 29.2 Å². The predicted octanol–water partition coefficient (Wildman–Crippen LogP) is 1.77. The first-order valence-corrected chi connectivity index (χ1v) is 7.91. The third kappa shape index (κ3) is 2.22. The SMILES string of the molecule is COc1ccccc1C(=O)NC1C2CC3CC1CN(C3)C2.